The van der Waals surface area contributed by atoms with Gasteiger partial charge in [0.15, 0.2) is 0 Å². The third-order valence-corrected chi connectivity index (χ3v) is 13.6. The second kappa shape index (κ2) is 29.5. The van der Waals surface area contributed by atoms with E-state index >= 15 is 0 Å². The van der Waals surface area contributed by atoms with E-state index in [4.69, 9.17) is 9.47 Å². The van der Waals surface area contributed by atoms with Crippen LogP contribution in [0.5, 0.6) is 11.5 Å². The average molecular weight is 841 g/mol. The lowest BCUT2D eigenvalue weighted by Gasteiger charge is -2.09. The largest absolute Gasteiger partial charge is 0.494 e. The molecule has 3 heteroatoms. The standard InChI is InChI=1S/C58H80O2S/c1-4-7-10-13-15-17-19-21-23-26-45-59-55-41-37-50(38-42-55)48-29-33-52(34-30-48)57-47-54(28-25-12-9-6-3)58(61-57)53-35-31-49(32-36-53)51-39-43-56(44-40-51)60-46-27-24-22-20-18-16-14-11-8-5-2/h29-44,47H,4-28,45-46H2,1-3H3. The van der Waals surface area contributed by atoms with Crippen molar-refractivity contribution in [1.29, 1.82) is 0 Å². The first-order chi connectivity index (χ1) is 30.2. The lowest BCUT2D eigenvalue weighted by Crippen LogP contribution is -1.97. The van der Waals surface area contributed by atoms with Crippen molar-refractivity contribution in [3.8, 4) is 54.6 Å². The van der Waals surface area contributed by atoms with Gasteiger partial charge in [-0.25, -0.2) is 0 Å². The summed E-state index contributed by atoms with van der Waals surface area (Å²) in [5.41, 5.74) is 9.03. The van der Waals surface area contributed by atoms with Crippen LogP contribution in [0.3, 0.4) is 0 Å². The molecule has 1 heterocycles. The Morgan fingerprint density at radius 2 is 0.639 bits per heavy atom. The second-order valence-electron chi connectivity index (χ2n) is 17.5. The normalized spacial score (nSPS) is 11.3. The summed E-state index contributed by atoms with van der Waals surface area (Å²) in [6.45, 7) is 8.48. The summed E-state index contributed by atoms with van der Waals surface area (Å²) in [6.07, 6.45) is 33.1. The molecule has 0 spiro atoms. The molecule has 5 aromatic rings. The highest BCUT2D eigenvalue weighted by Gasteiger charge is 2.14. The third-order valence-electron chi connectivity index (χ3n) is 12.3. The van der Waals surface area contributed by atoms with Crippen LogP contribution < -0.4 is 9.47 Å². The number of unbranched alkanes of at least 4 members (excludes halogenated alkanes) is 21. The second-order valence-corrected chi connectivity index (χ2v) is 18.6. The smallest absolute Gasteiger partial charge is 0.119 e. The lowest BCUT2D eigenvalue weighted by molar-refractivity contribution is 0.304. The Balaban J connectivity index is 1.10. The number of hydrogen-bond acceptors (Lipinski definition) is 3. The van der Waals surface area contributed by atoms with Gasteiger partial charge in [0, 0.05) is 9.75 Å². The first-order valence-electron chi connectivity index (χ1n) is 25.0. The maximum Gasteiger partial charge on any atom is 0.119 e. The Hall–Kier alpha value is -3.82. The van der Waals surface area contributed by atoms with Gasteiger partial charge in [-0.2, -0.15) is 0 Å². The van der Waals surface area contributed by atoms with Gasteiger partial charge in [-0.15, -0.1) is 11.3 Å². The van der Waals surface area contributed by atoms with E-state index in [1.807, 2.05) is 11.3 Å². The van der Waals surface area contributed by atoms with E-state index in [0.29, 0.717) is 0 Å². The van der Waals surface area contributed by atoms with Crippen molar-refractivity contribution < 1.29 is 9.47 Å². The molecule has 0 aliphatic rings. The van der Waals surface area contributed by atoms with Gasteiger partial charge in [0.1, 0.15) is 11.5 Å². The van der Waals surface area contributed by atoms with E-state index in [1.54, 1.807) is 0 Å². The summed E-state index contributed by atoms with van der Waals surface area (Å²) in [6, 6.07) is 38.2. The van der Waals surface area contributed by atoms with Crippen LogP contribution >= 0.6 is 11.3 Å². The van der Waals surface area contributed by atoms with E-state index in [1.165, 1.54) is 190 Å². The molecular formula is C58H80O2S. The van der Waals surface area contributed by atoms with Crippen LogP contribution in [0.25, 0.3) is 43.1 Å². The predicted octanol–water partition coefficient (Wildman–Crippen LogP) is 19.1. The van der Waals surface area contributed by atoms with Crippen molar-refractivity contribution in [3.63, 3.8) is 0 Å². The number of thiophene rings is 1. The number of ether oxygens (including phenoxy) is 2. The molecule has 0 amide bonds. The van der Waals surface area contributed by atoms with Crippen LogP contribution in [0, 0.1) is 0 Å². The molecule has 0 aliphatic heterocycles. The van der Waals surface area contributed by atoms with Gasteiger partial charge < -0.3 is 9.47 Å². The van der Waals surface area contributed by atoms with Crippen molar-refractivity contribution in [2.24, 2.45) is 0 Å². The molecule has 0 N–H and O–H groups in total. The van der Waals surface area contributed by atoms with E-state index in [-0.39, 0.29) is 0 Å². The maximum absolute atomic E-state index is 6.11. The summed E-state index contributed by atoms with van der Waals surface area (Å²) >= 11 is 1.94. The first-order valence-corrected chi connectivity index (χ1v) is 25.8. The lowest BCUT2D eigenvalue weighted by atomic mass is 9.99. The van der Waals surface area contributed by atoms with Gasteiger partial charge in [-0.3, -0.25) is 0 Å². The molecule has 0 atom stereocenters. The van der Waals surface area contributed by atoms with Gasteiger partial charge in [0.25, 0.3) is 0 Å². The fourth-order valence-electron chi connectivity index (χ4n) is 8.43. The Labute approximate surface area is 376 Å². The van der Waals surface area contributed by atoms with Crippen LogP contribution in [-0.2, 0) is 6.42 Å². The number of aryl methyl sites for hydroxylation is 1. The quantitative estimate of drug-likeness (QED) is 0.0392. The highest BCUT2D eigenvalue weighted by Crippen LogP contribution is 2.40. The van der Waals surface area contributed by atoms with E-state index in [0.717, 1.165) is 44.0 Å². The van der Waals surface area contributed by atoms with E-state index in [9.17, 15) is 0 Å². The molecule has 0 radical (unpaired) electrons. The van der Waals surface area contributed by atoms with Crippen molar-refractivity contribution in [1.82, 2.24) is 0 Å². The van der Waals surface area contributed by atoms with Gasteiger partial charge in [0.2, 0.25) is 0 Å². The van der Waals surface area contributed by atoms with Crippen molar-refractivity contribution in [3.05, 3.63) is 109 Å². The Morgan fingerprint density at radius 3 is 1.03 bits per heavy atom. The molecule has 0 aliphatic carbocycles. The van der Waals surface area contributed by atoms with Gasteiger partial charge in [0.05, 0.1) is 13.2 Å². The topological polar surface area (TPSA) is 18.5 Å². The fraction of sp³-hybridized carbons (Fsp3) is 0.517. The zero-order chi connectivity index (χ0) is 42.6. The molecule has 0 bridgehead atoms. The molecule has 4 aromatic carbocycles. The summed E-state index contributed by atoms with van der Waals surface area (Å²) < 4.78 is 12.2. The maximum atomic E-state index is 6.11. The Bertz CT molecular complexity index is 1830. The van der Waals surface area contributed by atoms with Crippen LogP contribution in [-0.4, -0.2) is 13.2 Å². The Morgan fingerprint density at radius 1 is 0.328 bits per heavy atom. The monoisotopic (exact) mass is 841 g/mol. The summed E-state index contributed by atoms with van der Waals surface area (Å²) in [5, 5.41) is 0. The molecule has 5 rings (SSSR count). The molecular weight excluding hydrogens is 761 g/mol. The molecule has 61 heavy (non-hydrogen) atoms. The van der Waals surface area contributed by atoms with Crippen LogP contribution in [0.1, 0.15) is 180 Å². The van der Waals surface area contributed by atoms with Gasteiger partial charge >= 0.3 is 0 Å². The van der Waals surface area contributed by atoms with E-state index < -0.39 is 0 Å². The minimum atomic E-state index is 0.807. The zero-order valence-electron chi connectivity index (χ0n) is 38.6. The molecule has 330 valence electrons. The molecule has 0 fully saturated rings. The highest BCUT2D eigenvalue weighted by atomic mass is 32.1. The minimum Gasteiger partial charge on any atom is -0.494 e. The first kappa shape index (κ1) is 48.2. The predicted molar refractivity (Wildman–Crippen MR) is 269 cm³/mol. The van der Waals surface area contributed by atoms with Crippen LogP contribution in [0.2, 0.25) is 0 Å². The van der Waals surface area contributed by atoms with Crippen LogP contribution in [0.15, 0.2) is 103 Å². The van der Waals surface area contributed by atoms with E-state index in [2.05, 4.69) is 124 Å². The summed E-state index contributed by atoms with van der Waals surface area (Å²) in [7, 11) is 0. The average Bonchev–Trinajstić information content (AvgIpc) is 3.73. The minimum absolute atomic E-state index is 0.807. The molecule has 0 unspecified atom stereocenters. The van der Waals surface area contributed by atoms with Gasteiger partial charge in [-0.1, -0.05) is 228 Å². The van der Waals surface area contributed by atoms with Crippen molar-refractivity contribution in [2.45, 2.75) is 181 Å². The number of benzene rings is 4. The fourth-order valence-corrected chi connectivity index (χ4v) is 9.65. The summed E-state index contributed by atoms with van der Waals surface area (Å²) in [4.78, 5) is 2.76. The number of hydrogen-bond donors (Lipinski definition) is 0. The molecule has 1 aromatic heterocycles. The molecule has 2 nitrogen and oxygen atoms in total. The third kappa shape index (κ3) is 17.8. The van der Waals surface area contributed by atoms with Crippen LogP contribution in [0.4, 0.5) is 0 Å². The zero-order valence-corrected chi connectivity index (χ0v) is 39.4. The Kier molecular flexibility index (Phi) is 23.3. The summed E-state index contributed by atoms with van der Waals surface area (Å²) in [5.74, 6) is 1.94. The molecule has 0 saturated heterocycles. The number of rotatable bonds is 33. The van der Waals surface area contributed by atoms with Crippen molar-refractivity contribution in [2.75, 3.05) is 13.2 Å². The highest BCUT2D eigenvalue weighted by molar-refractivity contribution is 7.19. The van der Waals surface area contributed by atoms with Crippen molar-refractivity contribution >= 4 is 11.3 Å². The molecule has 0 saturated carbocycles. The SMILES string of the molecule is CCCCCCCCCCCCOc1ccc(-c2ccc(-c3cc(CCCCCC)c(-c4ccc(-c5ccc(OCCCCCCCCCCCC)cc5)cc4)s3)cc2)cc1. The van der Waals surface area contributed by atoms with Gasteiger partial charge in [-0.05, 0) is 95.0 Å².